The number of para-hydroxylation sites is 1. The molecule has 21 heavy (non-hydrogen) atoms. The summed E-state index contributed by atoms with van der Waals surface area (Å²) in [5.74, 6) is 0. The molecular weight excluding hydrogens is 346 g/mol. The molecule has 2 heterocycles. The molecule has 0 aliphatic carbocycles. The first-order valence-corrected chi connectivity index (χ1v) is 8.83. The van der Waals surface area contributed by atoms with Gasteiger partial charge in [-0.25, -0.2) is 0 Å². The average Bonchev–Trinajstić information content (AvgIpc) is 3.05. The lowest BCUT2D eigenvalue weighted by Gasteiger charge is -2.01. The van der Waals surface area contributed by atoms with Gasteiger partial charge in [0.15, 0.2) is 0 Å². The minimum absolute atomic E-state index is 0.824. The van der Waals surface area contributed by atoms with Crippen molar-refractivity contribution in [2.45, 2.75) is 26.4 Å². The van der Waals surface area contributed by atoms with E-state index in [1.54, 1.807) is 11.3 Å². The highest BCUT2D eigenvalue weighted by Crippen LogP contribution is 2.24. The van der Waals surface area contributed by atoms with E-state index < -0.39 is 0 Å². The van der Waals surface area contributed by atoms with Gasteiger partial charge in [0.1, 0.15) is 0 Å². The van der Waals surface area contributed by atoms with Gasteiger partial charge in [0.05, 0.1) is 17.8 Å². The van der Waals surface area contributed by atoms with Gasteiger partial charge in [-0.15, -0.1) is 11.3 Å². The molecule has 1 N–H and O–H groups in total. The molecule has 0 atom stereocenters. The Balaban J connectivity index is 1.90. The van der Waals surface area contributed by atoms with Crippen molar-refractivity contribution in [1.82, 2.24) is 15.1 Å². The van der Waals surface area contributed by atoms with Crippen LogP contribution in [-0.2, 0) is 13.1 Å². The van der Waals surface area contributed by atoms with Crippen molar-refractivity contribution in [3.05, 3.63) is 50.8 Å². The Morgan fingerprint density at radius 2 is 2.19 bits per heavy atom. The molecular formula is C16H18BrN3S. The van der Waals surface area contributed by atoms with Gasteiger partial charge in [-0.2, -0.15) is 5.10 Å². The lowest BCUT2D eigenvalue weighted by molar-refractivity contribution is 0.638. The van der Waals surface area contributed by atoms with Gasteiger partial charge in [0.2, 0.25) is 0 Å². The number of aromatic nitrogens is 2. The maximum Gasteiger partial charge on any atom is 0.0841 e. The van der Waals surface area contributed by atoms with Crippen LogP contribution in [0, 0.1) is 0 Å². The molecule has 0 unspecified atom stereocenters. The molecule has 5 heteroatoms. The Labute approximate surface area is 137 Å². The number of fused-ring (bicyclic) bond motifs is 1. The number of benzene rings is 1. The summed E-state index contributed by atoms with van der Waals surface area (Å²) in [5, 5.41) is 11.6. The summed E-state index contributed by atoms with van der Waals surface area (Å²) in [5.41, 5.74) is 2.34. The number of nitrogens with one attached hydrogen (secondary N) is 1. The van der Waals surface area contributed by atoms with Crippen LogP contribution in [0.25, 0.3) is 10.9 Å². The smallest absolute Gasteiger partial charge is 0.0841 e. The zero-order chi connectivity index (χ0) is 14.7. The molecule has 1 aromatic carbocycles. The van der Waals surface area contributed by atoms with Gasteiger partial charge in [0, 0.05) is 26.7 Å². The van der Waals surface area contributed by atoms with E-state index in [0.717, 1.165) is 36.2 Å². The van der Waals surface area contributed by atoms with Crippen LogP contribution in [0.1, 0.15) is 23.9 Å². The highest BCUT2D eigenvalue weighted by atomic mass is 79.9. The summed E-state index contributed by atoms with van der Waals surface area (Å²) in [6.45, 7) is 4.86. The molecule has 0 saturated heterocycles. The van der Waals surface area contributed by atoms with Crippen LogP contribution in [0.2, 0.25) is 0 Å². The molecule has 0 aliphatic rings. The van der Waals surface area contributed by atoms with Crippen molar-refractivity contribution in [2.24, 2.45) is 0 Å². The molecule has 3 rings (SSSR count). The molecule has 0 aliphatic heterocycles. The summed E-state index contributed by atoms with van der Waals surface area (Å²) in [6, 6.07) is 10.6. The number of hydrogen-bond acceptors (Lipinski definition) is 3. The maximum absolute atomic E-state index is 4.81. The largest absolute Gasteiger partial charge is 0.311 e. The van der Waals surface area contributed by atoms with Crippen LogP contribution in [0.3, 0.4) is 0 Å². The normalized spacial score (nSPS) is 11.3. The predicted molar refractivity (Wildman–Crippen MR) is 92.9 cm³/mol. The fourth-order valence-corrected chi connectivity index (χ4v) is 3.85. The standard InChI is InChI=1S/C16H18BrN3S/c1-2-7-18-9-15-14-5-3-4-6-16(14)20(19-15)10-13-8-12(17)11-21-13/h3-6,8,11,18H,2,7,9-10H2,1H3. The quantitative estimate of drug-likeness (QED) is 0.657. The Morgan fingerprint density at radius 1 is 1.33 bits per heavy atom. The SMILES string of the molecule is CCCNCc1nn(Cc2cc(Br)cs2)c2ccccc12. The third-order valence-electron chi connectivity index (χ3n) is 3.38. The summed E-state index contributed by atoms with van der Waals surface area (Å²) in [4.78, 5) is 1.31. The lowest BCUT2D eigenvalue weighted by atomic mass is 10.2. The van der Waals surface area contributed by atoms with E-state index in [2.05, 4.69) is 68.6 Å². The van der Waals surface area contributed by atoms with Crippen molar-refractivity contribution in [3.8, 4) is 0 Å². The molecule has 0 radical (unpaired) electrons. The van der Waals surface area contributed by atoms with Gasteiger partial charge >= 0.3 is 0 Å². The van der Waals surface area contributed by atoms with E-state index in [1.807, 2.05) is 0 Å². The van der Waals surface area contributed by atoms with E-state index >= 15 is 0 Å². The molecule has 0 spiro atoms. The number of rotatable bonds is 6. The second-order valence-electron chi connectivity index (χ2n) is 5.03. The van der Waals surface area contributed by atoms with Gasteiger partial charge < -0.3 is 5.32 Å². The van der Waals surface area contributed by atoms with Crippen molar-refractivity contribution in [2.75, 3.05) is 6.54 Å². The highest BCUT2D eigenvalue weighted by molar-refractivity contribution is 9.10. The predicted octanol–water partition coefficient (Wildman–Crippen LogP) is 4.41. The summed E-state index contributed by atoms with van der Waals surface area (Å²) in [7, 11) is 0. The fourth-order valence-electron chi connectivity index (χ4n) is 2.42. The molecule has 0 bridgehead atoms. The van der Waals surface area contributed by atoms with Crippen molar-refractivity contribution < 1.29 is 0 Å². The van der Waals surface area contributed by atoms with Crippen LogP contribution in [0.5, 0.6) is 0 Å². The Morgan fingerprint density at radius 3 is 2.95 bits per heavy atom. The summed E-state index contributed by atoms with van der Waals surface area (Å²) < 4.78 is 3.25. The molecule has 0 fully saturated rings. The van der Waals surface area contributed by atoms with E-state index in [0.29, 0.717) is 0 Å². The molecule has 110 valence electrons. The monoisotopic (exact) mass is 363 g/mol. The van der Waals surface area contributed by atoms with Gasteiger partial charge in [0.25, 0.3) is 0 Å². The number of thiophene rings is 1. The molecule has 3 nitrogen and oxygen atoms in total. The Kier molecular flexibility index (Phi) is 4.73. The Hall–Kier alpha value is -1.17. The minimum atomic E-state index is 0.824. The lowest BCUT2D eigenvalue weighted by Crippen LogP contribution is -2.14. The summed E-state index contributed by atoms with van der Waals surface area (Å²) >= 11 is 5.27. The average molecular weight is 364 g/mol. The highest BCUT2D eigenvalue weighted by Gasteiger charge is 2.10. The van der Waals surface area contributed by atoms with E-state index in [-0.39, 0.29) is 0 Å². The van der Waals surface area contributed by atoms with E-state index in [1.165, 1.54) is 15.8 Å². The van der Waals surface area contributed by atoms with E-state index in [4.69, 9.17) is 5.10 Å². The second-order valence-corrected chi connectivity index (χ2v) is 6.94. The molecule has 0 saturated carbocycles. The molecule has 3 aromatic rings. The fraction of sp³-hybridized carbons (Fsp3) is 0.312. The first-order valence-electron chi connectivity index (χ1n) is 7.16. The van der Waals surface area contributed by atoms with E-state index in [9.17, 15) is 0 Å². The van der Waals surface area contributed by atoms with Crippen molar-refractivity contribution in [3.63, 3.8) is 0 Å². The molecule has 0 amide bonds. The number of hydrogen-bond donors (Lipinski definition) is 1. The van der Waals surface area contributed by atoms with Crippen molar-refractivity contribution in [1.29, 1.82) is 0 Å². The van der Waals surface area contributed by atoms with Crippen LogP contribution in [-0.4, -0.2) is 16.3 Å². The summed E-state index contributed by atoms with van der Waals surface area (Å²) in [6.07, 6.45) is 1.14. The Bertz CT molecular complexity index is 732. The zero-order valence-corrected chi connectivity index (χ0v) is 14.4. The van der Waals surface area contributed by atoms with Gasteiger partial charge in [-0.05, 0) is 41.0 Å². The maximum atomic E-state index is 4.81. The minimum Gasteiger partial charge on any atom is -0.311 e. The molecule has 2 aromatic heterocycles. The van der Waals surface area contributed by atoms with Crippen LogP contribution < -0.4 is 5.32 Å². The van der Waals surface area contributed by atoms with Gasteiger partial charge in [-0.1, -0.05) is 25.1 Å². The van der Waals surface area contributed by atoms with Crippen LogP contribution >= 0.6 is 27.3 Å². The van der Waals surface area contributed by atoms with Crippen LogP contribution in [0.4, 0.5) is 0 Å². The number of nitrogens with zero attached hydrogens (tertiary/aromatic N) is 2. The van der Waals surface area contributed by atoms with Crippen molar-refractivity contribution >= 4 is 38.2 Å². The first kappa shape index (κ1) is 14.8. The number of halogens is 1. The zero-order valence-electron chi connectivity index (χ0n) is 12.0. The van der Waals surface area contributed by atoms with Crippen LogP contribution in [0.15, 0.2) is 40.2 Å². The third-order valence-corrected chi connectivity index (χ3v) is 5.06. The topological polar surface area (TPSA) is 29.9 Å². The van der Waals surface area contributed by atoms with Gasteiger partial charge in [-0.3, -0.25) is 4.68 Å². The second kappa shape index (κ2) is 6.73. The first-order chi connectivity index (χ1) is 10.3. The third kappa shape index (κ3) is 3.36.